The van der Waals surface area contributed by atoms with Crippen LogP contribution < -0.4 is 10.2 Å². The predicted octanol–water partition coefficient (Wildman–Crippen LogP) is 2.41. The molecular formula is C12H20N4O2S. The van der Waals surface area contributed by atoms with Crippen LogP contribution in [-0.4, -0.2) is 35.6 Å². The minimum absolute atomic E-state index is 0.121. The van der Waals surface area contributed by atoms with E-state index in [9.17, 15) is 10.1 Å². The number of hydrogen-bond acceptors (Lipinski definition) is 6. The van der Waals surface area contributed by atoms with E-state index in [-0.39, 0.29) is 9.92 Å². The van der Waals surface area contributed by atoms with Crippen molar-refractivity contribution in [3.05, 3.63) is 16.3 Å². The van der Waals surface area contributed by atoms with E-state index in [1.807, 2.05) is 0 Å². The highest BCUT2D eigenvalue weighted by atomic mass is 32.1. The van der Waals surface area contributed by atoms with Gasteiger partial charge in [0.05, 0.1) is 4.92 Å². The molecule has 1 aromatic rings. The molecule has 0 spiro atoms. The fraction of sp³-hybridized carbons (Fsp3) is 0.750. The maximum absolute atomic E-state index is 10.7. The molecule has 0 aliphatic carbocycles. The molecule has 1 aliphatic rings. The van der Waals surface area contributed by atoms with Crippen molar-refractivity contribution < 1.29 is 4.92 Å². The molecule has 2 rings (SSSR count). The summed E-state index contributed by atoms with van der Waals surface area (Å²) < 4.78 is 0. The first kappa shape index (κ1) is 14.2. The molecule has 7 heteroatoms. The Morgan fingerprint density at radius 2 is 2.53 bits per heavy atom. The van der Waals surface area contributed by atoms with E-state index in [1.54, 1.807) is 0 Å². The highest BCUT2D eigenvalue weighted by Gasteiger charge is 2.21. The van der Waals surface area contributed by atoms with Gasteiger partial charge >= 0.3 is 5.00 Å². The van der Waals surface area contributed by atoms with E-state index < -0.39 is 0 Å². The van der Waals surface area contributed by atoms with Gasteiger partial charge in [-0.1, -0.05) is 13.3 Å². The second-order valence-electron chi connectivity index (χ2n) is 4.83. The number of unbranched alkanes of at least 4 members (excludes halogenated alkanes) is 1. The number of hydrogen-bond donors (Lipinski definition) is 1. The van der Waals surface area contributed by atoms with Gasteiger partial charge in [-0.05, 0) is 37.1 Å². The maximum atomic E-state index is 10.7. The molecule has 1 atom stereocenters. The lowest BCUT2D eigenvalue weighted by molar-refractivity contribution is -0.380. The lowest BCUT2D eigenvalue weighted by Crippen LogP contribution is -2.38. The Bertz CT molecular complexity index is 418. The average molecular weight is 284 g/mol. The molecule has 0 aromatic carbocycles. The summed E-state index contributed by atoms with van der Waals surface area (Å²) in [6.07, 6.45) is 5.95. The third kappa shape index (κ3) is 3.87. The van der Waals surface area contributed by atoms with Gasteiger partial charge in [0.15, 0.2) is 5.13 Å². The molecule has 0 saturated carbocycles. The lowest BCUT2D eigenvalue weighted by Gasteiger charge is -2.24. The first-order valence-electron chi connectivity index (χ1n) is 6.79. The Kier molecular flexibility index (Phi) is 5.09. The Morgan fingerprint density at radius 1 is 1.68 bits per heavy atom. The zero-order valence-corrected chi connectivity index (χ0v) is 12.0. The summed E-state index contributed by atoms with van der Waals surface area (Å²) in [7, 11) is 0. The predicted molar refractivity (Wildman–Crippen MR) is 76.9 cm³/mol. The molecule has 2 heterocycles. The fourth-order valence-corrected chi connectivity index (χ4v) is 3.05. The summed E-state index contributed by atoms with van der Waals surface area (Å²) in [6, 6.07) is 0.486. The third-order valence-electron chi connectivity index (χ3n) is 3.32. The topological polar surface area (TPSA) is 71.3 Å². The molecule has 1 saturated heterocycles. The number of nitrogens with one attached hydrogen (secondary N) is 1. The minimum Gasteiger partial charge on any atom is -0.346 e. The van der Waals surface area contributed by atoms with Gasteiger partial charge in [-0.2, -0.15) is 0 Å². The zero-order valence-electron chi connectivity index (χ0n) is 11.2. The second-order valence-corrected chi connectivity index (χ2v) is 5.82. The number of rotatable bonds is 7. The van der Waals surface area contributed by atoms with Crippen LogP contribution in [0.2, 0.25) is 0 Å². The zero-order chi connectivity index (χ0) is 13.7. The van der Waals surface area contributed by atoms with Gasteiger partial charge in [-0.25, -0.2) is 4.98 Å². The van der Waals surface area contributed by atoms with Crippen molar-refractivity contribution in [1.29, 1.82) is 0 Å². The van der Waals surface area contributed by atoms with Crippen LogP contribution >= 0.6 is 11.3 Å². The van der Waals surface area contributed by atoms with E-state index in [2.05, 4.69) is 22.1 Å². The van der Waals surface area contributed by atoms with E-state index in [4.69, 9.17) is 0 Å². The second kappa shape index (κ2) is 6.81. The minimum atomic E-state index is -0.368. The molecule has 0 radical (unpaired) electrons. The Labute approximate surface area is 117 Å². The molecule has 0 amide bonds. The third-order valence-corrected chi connectivity index (χ3v) is 4.33. The number of anilines is 1. The first-order chi connectivity index (χ1) is 9.20. The first-order valence-corrected chi connectivity index (χ1v) is 7.61. The van der Waals surface area contributed by atoms with Crippen LogP contribution in [0.4, 0.5) is 10.1 Å². The van der Waals surface area contributed by atoms with Crippen molar-refractivity contribution in [3.63, 3.8) is 0 Å². The molecule has 6 nitrogen and oxygen atoms in total. The van der Waals surface area contributed by atoms with Gasteiger partial charge in [0.1, 0.15) is 6.20 Å². The van der Waals surface area contributed by atoms with Gasteiger partial charge in [-0.3, -0.25) is 10.1 Å². The van der Waals surface area contributed by atoms with Gasteiger partial charge in [0.25, 0.3) is 0 Å². The van der Waals surface area contributed by atoms with Gasteiger partial charge < -0.3 is 10.2 Å². The van der Waals surface area contributed by atoms with E-state index >= 15 is 0 Å². The number of nitro groups is 1. The van der Waals surface area contributed by atoms with E-state index in [0.29, 0.717) is 6.04 Å². The maximum Gasteiger partial charge on any atom is 0.345 e. The molecule has 1 N–H and O–H groups in total. The van der Waals surface area contributed by atoms with Gasteiger partial charge in [-0.15, -0.1) is 0 Å². The molecule has 1 unspecified atom stereocenters. The summed E-state index contributed by atoms with van der Waals surface area (Å²) >= 11 is 1.17. The van der Waals surface area contributed by atoms with Gasteiger partial charge in [0, 0.05) is 19.1 Å². The standard InChI is InChI=1S/C12H20N4O2S/c1-2-3-7-15(9-10-5-4-6-13-10)12-14-8-11(19-12)16(17)18/h8,10,13H,2-7,9H2,1H3. The molecule has 106 valence electrons. The van der Waals surface area contributed by atoms with Crippen molar-refractivity contribution in [1.82, 2.24) is 10.3 Å². The van der Waals surface area contributed by atoms with Gasteiger partial charge in [0.2, 0.25) is 0 Å². The number of nitrogens with zero attached hydrogens (tertiary/aromatic N) is 3. The highest BCUT2D eigenvalue weighted by molar-refractivity contribution is 7.18. The van der Waals surface area contributed by atoms with E-state index in [1.165, 1.54) is 30.4 Å². The number of thiazole rings is 1. The Morgan fingerprint density at radius 3 is 3.11 bits per heavy atom. The quantitative estimate of drug-likeness (QED) is 0.615. The van der Waals surface area contributed by atoms with Crippen molar-refractivity contribution in [3.8, 4) is 0 Å². The lowest BCUT2D eigenvalue weighted by atomic mass is 10.2. The molecule has 0 bridgehead atoms. The van der Waals surface area contributed by atoms with E-state index in [0.717, 1.165) is 37.6 Å². The van der Waals surface area contributed by atoms with Crippen LogP contribution in [0.5, 0.6) is 0 Å². The molecular weight excluding hydrogens is 264 g/mol. The summed E-state index contributed by atoms with van der Waals surface area (Å²) in [4.78, 5) is 16.8. The smallest absolute Gasteiger partial charge is 0.345 e. The summed E-state index contributed by atoms with van der Waals surface area (Å²) in [6.45, 7) is 5.03. The highest BCUT2D eigenvalue weighted by Crippen LogP contribution is 2.29. The summed E-state index contributed by atoms with van der Waals surface area (Å²) in [5.74, 6) is 0. The van der Waals surface area contributed by atoms with Crippen LogP contribution in [0, 0.1) is 10.1 Å². The fourth-order valence-electron chi connectivity index (χ4n) is 2.28. The van der Waals surface area contributed by atoms with Crippen molar-refractivity contribution in [2.45, 2.75) is 38.6 Å². The summed E-state index contributed by atoms with van der Waals surface area (Å²) in [5, 5.41) is 15.1. The summed E-state index contributed by atoms with van der Waals surface area (Å²) in [5.41, 5.74) is 0. The normalized spacial score (nSPS) is 18.7. The van der Waals surface area contributed by atoms with Crippen LogP contribution in [-0.2, 0) is 0 Å². The largest absolute Gasteiger partial charge is 0.346 e. The van der Waals surface area contributed by atoms with Crippen LogP contribution in [0.1, 0.15) is 32.6 Å². The monoisotopic (exact) mass is 284 g/mol. The number of aromatic nitrogens is 1. The molecule has 1 fully saturated rings. The Balaban J connectivity index is 2.03. The SMILES string of the molecule is CCCCN(CC1CCCN1)c1ncc([N+](=O)[O-])s1. The molecule has 1 aliphatic heterocycles. The van der Waals surface area contributed by atoms with Crippen molar-refractivity contribution in [2.24, 2.45) is 0 Å². The van der Waals surface area contributed by atoms with Crippen molar-refractivity contribution in [2.75, 3.05) is 24.5 Å². The average Bonchev–Trinajstić information content (AvgIpc) is 3.05. The Hall–Kier alpha value is -1.21. The molecule has 19 heavy (non-hydrogen) atoms. The van der Waals surface area contributed by atoms with Crippen LogP contribution in [0.25, 0.3) is 0 Å². The molecule has 1 aromatic heterocycles. The van der Waals surface area contributed by atoms with Crippen LogP contribution in [0.3, 0.4) is 0 Å². The van der Waals surface area contributed by atoms with Crippen LogP contribution in [0.15, 0.2) is 6.20 Å². The van der Waals surface area contributed by atoms with Crippen molar-refractivity contribution >= 4 is 21.5 Å².